The summed E-state index contributed by atoms with van der Waals surface area (Å²) in [5, 5.41) is 4.99. The van der Waals surface area contributed by atoms with Gasteiger partial charge < -0.3 is 4.74 Å². The van der Waals surface area contributed by atoms with E-state index in [1.54, 1.807) is 13.0 Å². The number of hydrogen-bond donors (Lipinski definition) is 1. The van der Waals surface area contributed by atoms with E-state index in [0.29, 0.717) is 11.5 Å². The molecule has 6 heteroatoms. The molecule has 0 saturated heterocycles. The molecule has 0 bridgehead atoms. The fourth-order valence-electron chi connectivity index (χ4n) is 1.51. The summed E-state index contributed by atoms with van der Waals surface area (Å²) >= 11 is 0. The van der Waals surface area contributed by atoms with E-state index in [2.05, 4.69) is 0 Å². The standard InChI is InChI=1S/C13H12FNO3S/c1-9-2-3-10(14)8-13(9)18-11-4-6-12(7-5-11)19(15,16)17/h2-8H,1H3,(H2,15,16,17). The van der Waals surface area contributed by atoms with Gasteiger partial charge in [0.05, 0.1) is 4.90 Å². The number of halogens is 1. The third-order valence-corrected chi connectivity index (χ3v) is 3.46. The van der Waals surface area contributed by atoms with Crippen molar-refractivity contribution in [2.75, 3.05) is 0 Å². The molecule has 0 aliphatic rings. The van der Waals surface area contributed by atoms with Gasteiger partial charge in [-0.3, -0.25) is 0 Å². The van der Waals surface area contributed by atoms with Crippen molar-refractivity contribution in [2.45, 2.75) is 11.8 Å². The molecular weight excluding hydrogens is 269 g/mol. The van der Waals surface area contributed by atoms with E-state index in [4.69, 9.17) is 9.88 Å². The Morgan fingerprint density at radius 1 is 1.11 bits per heavy atom. The van der Waals surface area contributed by atoms with Crippen molar-refractivity contribution in [3.05, 3.63) is 53.8 Å². The molecule has 0 spiro atoms. The molecule has 0 unspecified atom stereocenters. The number of sulfonamides is 1. The molecule has 0 heterocycles. The first kappa shape index (κ1) is 13.5. The number of hydrogen-bond acceptors (Lipinski definition) is 3. The number of ether oxygens (including phenoxy) is 1. The zero-order valence-electron chi connectivity index (χ0n) is 10.1. The van der Waals surface area contributed by atoms with Crippen molar-refractivity contribution in [3.63, 3.8) is 0 Å². The van der Waals surface area contributed by atoms with E-state index in [0.717, 1.165) is 5.56 Å². The minimum Gasteiger partial charge on any atom is -0.457 e. The Bertz CT molecular complexity index is 696. The highest BCUT2D eigenvalue weighted by molar-refractivity contribution is 7.89. The highest BCUT2D eigenvalue weighted by atomic mass is 32.2. The molecule has 0 amide bonds. The van der Waals surface area contributed by atoms with E-state index in [1.165, 1.54) is 36.4 Å². The summed E-state index contributed by atoms with van der Waals surface area (Å²) in [5.41, 5.74) is 0.775. The molecule has 0 aliphatic heterocycles. The molecule has 19 heavy (non-hydrogen) atoms. The average Bonchev–Trinajstić information content (AvgIpc) is 2.33. The molecule has 2 N–H and O–H groups in total. The van der Waals surface area contributed by atoms with Gasteiger partial charge in [0, 0.05) is 6.07 Å². The SMILES string of the molecule is Cc1ccc(F)cc1Oc1ccc(S(N)(=O)=O)cc1. The van der Waals surface area contributed by atoms with Gasteiger partial charge in [-0.15, -0.1) is 0 Å². The topological polar surface area (TPSA) is 69.4 Å². The van der Waals surface area contributed by atoms with Crippen LogP contribution in [0.4, 0.5) is 4.39 Å². The van der Waals surface area contributed by atoms with Crippen LogP contribution in [0.1, 0.15) is 5.56 Å². The van der Waals surface area contributed by atoms with Crippen molar-refractivity contribution >= 4 is 10.0 Å². The van der Waals surface area contributed by atoms with Crippen LogP contribution in [-0.2, 0) is 10.0 Å². The second-order valence-corrected chi connectivity index (χ2v) is 5.59. The molecule has 0 atom stereocenters. The number of aryl methyl sites for hydroxylation is 1. The van der Waals surface area contributed by atoms with Gasteiger partial charge in [-0.1, -0.05) is 6.07 Å². The highest BCUT2D eigenvalue weighted by Gasteiger charge is 2.08. The normalized spacial score (nSPS) is 11.3. The van der Waals surface area contributed by atoms with E-state index < -0.39 is 15.8 Å². The van der Waals surface area contributed by atoms with Crippen LogP contribution >= 0.6 is 0 Å². The lowest BCUT2D eigenvalue weighted by atomic mass is 10.2. The van der Waals surface area contributed by atoms with Gasteiger partial charge in [0.2, 0.25) is 10.0 Å². The fraction of sp³-hybridized carbons (Fsp3) is 0.0769. The summed E-state index contributed by atoms with van der Waals surface area (Å²) in [7, 11) is -3.72. The van der Waals surface area contributed by atoms with Crippen molar-refractivity contribution in [2.24, 2.45) is 5.14 Å². The Kier molecular flexibility index (Phi) is 3.55. The summed E-state index contributed by atoms with van der Waals surface area (Å²) in [4.78, 5) is -0.00388. The molecule has 100 valence electrons. The Hall–Kier alpha value is -1.92. The van der Waals surface area contributed by atoms with Crippen LogP contribution in [0.3, 0.4) is 0 Å². The van der Waals surface area contributed by atoms with Gasteiger partial charge in [0.15, 0.2) is 0 Å². The lowest BCUT2D eigenvalue weighted by molar-refractivity contribution is 0.472. The van der Waals surface area contributed by atoms with E-state index >= 15 is 0 Å². The van der Waals surface area contributed by atoms with Gasteiger partial charge in [0.1, 0.15) is 17.3 Å². The van der Waals surface area contributed by atoms with Gasteiger partial charge in [-0.25, -0.2) is 17.9 Å². The van der Waals surface area contributed by atoms with Gasteiger partial charge in [-0.2, -0.15) is 0 Å². The molecule has 2 aromatic rings. The summed E-state index contributed by atoms with van der Waals surface area (Å²) in [6.07, 6.45) is 0. The van der Waals surface area contributed by atoms with Crippen LogP contribution in [0.5, 0.6) is 11.5 Å². The third kappa shape index (κ3) is 3.30. The zero-order valence-corrected chi connectivity index (χ0v) is 10.9. The van der Waals surface area contributed by atoms with Crippen molar-refractivity contribution < 1.29 is 17.5 Å². The predicted molar refractivity (Wildman–Crippen MR) is 69.0 cm³/mol. The molecule has 0 fully saturated rings. The van der Waals surface area contributed by atoms with Crippen molar-refractivity contribution in [1.29, 1.82) is 0 Å². The Morgan fingerprint density at radius 3 is 2.32 bits per heavy atom. The smallest absolute Gasteiger partial charge is 0.238 e. The van der Waals surface area contributed by atoms with Gasteiger partial charge in [0.25, 0.3) is 0 Å². The Morgan fingerprint density at radius 2 is 1.74 bits per heavy atom. The number of nitrogens with two attached hydrogens (primary N) is 1. The van der Waals surface area contributed by atoms with Crippen molar-refractivity contribution in [1.82, 2.24) is 0 Å². The van der Waals surface area contributed by atoms with E-state index in [-0.39, 0.29) is 4.90 Å². The number of primary sulfonamides is 1. The molecule has 0 aromatic heterocycles. The Labute approximate surface area is 110 Å². The highest BCUT2D eigenvalue weighted by Crippen LogP contribution is 2.26. The van der Waals surface area contributed by atoms with Crippen LogP contribution in [0.2, 0.25) is 0 Å². The molecule has 0 aliphatic carbocycles. The van der Waals surface area contributed by atoms with Crippen LogP contribution in [0, 0.1) is 12.7 Å². The average molecular weight is 281 g/mol. The second-order valence-electron chi connectivity index (χ2n) is 4.03. The molecule has 2 aromatic carbocycles. The molecule has 2 rings (SSSR count). The monoisotopic (exact) mass is 281 g/mol. The van der Waals surface area contributed by atoms with Crippen LogP contribution in [0.15, 0.2) is 47.4 Å². The fourth-order valence-corrected chi connectivity index (χ4v) is 2.02. The molecule has 0 radical (unpaired) electrons. The summed E-state index contributed by atoms with van der Waals surface area (Å²) in [6.45, 7) is 1.79. The van der Waals surface area contributed by atoms with Gasteiger partial charge >= 0.3 is 0 Å². The zero-order chi connectivity index (χ0) is 14.0. The maximum atomic E-state index is 13.1. The largest absolute Gasteiger partial charge is 0.457 e. The third-order valence-electron chi connectivity index (χ3n) is 2.53. The summed E-state index contributed by atoms with van der Waals surface area (Å²) < 4.78 is 40.8. The minimum atomic E-state index is -3.72. The summed E-state index contributed by atoms with van der Waals surface area (Å²) in [5.74, 6) is 0.381. The lowest BCUT2D eigenvalue weighted by Gasteiger charge is -2.09. The second kappa shape index (κ2) is 4.99. The number of rotatable bonds is 3. The first-order valence-corrected chi connectivity index (χ1v) is 6.98. The van der Waals surface area contributed by atoms with Gasteiger partial charge in [-0.05, 0) is 42.8 Å². The minimum absolute atomic E-state index is 0.00388. The van der Waals surface area contributed by atoms with Crippen LogP contribution < -0.4 is 9.88 Å². The Balaban J connectivity index is 2.27. The lowest BCUT2D eigenvalue weighted by Crippen LogP contribution is -2.11. The number of benzene rings is 2. The quantitative estimate of drug-likeness (QED) is 0.940. The van der Waals surface area contributed by atoms with Crippen molar-refractivity contribution in [3.8, 4) is 11.5 Å². The van der Waals surface area contributed by atoms with E-state index in [1.807, 2.05) is 0 Å². The van der Waals surface area contributed by atoms with E-state index in [9.17, 15) is 12.8 Å². The maximum absolute atomic E-state index is 13.1. The maximum Gasteiger partial charge on any atom is 0.238 e. The van der Waals surface area contributed by atoms with Crippen LogP contribution in [-0.4, -0.2) is 8.42 Å². The van der Waals surface area contributed by atoms with Crippen LogP contribution in [0.25, 0.3) is 0 Å². The molecular formula is C13H12FNO3S. The molecule has 4 nitrogen and oxygen atoms in total. The molecule has 0 saturated carbocycles. The first-order chi connectivity index (χ1) is 8.86. The first-order valence-electron chi connectivity index (χ1n) is 5.43. The predicted octanol–water partition coefficient (Wildman–Crippen LogP) is 2.57. The summed E-state index contributed by atoms with van der Waals surface area (Å²) in [6, 6.07) is 9.80.